The fourth-order valence-electron chi connectivity index (χ4n) is 2.58. The monoisotopic (exact) mass is 311 g/mol. The van der Waals surface area contributed by atoms with Crippen LogP contribution in [0.5, 0.6) is 11.5 Å². The van der Waals surface area contributed by atoms with Crippen molar-refractivity contribution in [3.63, 3.8) is 0 Å². The molecule has 1 amide bonds. The molecule has 4 nitrogen and oxygen atoms in total. The molecule has 1 unspecified atom stereocenters. The van der Waals surface area contributed by atoms with Crippen LogP contribution in [0.15, 0.2) is 54.6 Å². The number of ether oxygens (including phenoxy) is 2. The zero-order valence-corrected chi connectivity index (χ0v) is 13.4. The molecule has 1 aliphatic heterocycles. The summed E-state index contributed by atoms with van der Waals surface area (Å²) < 4.78 is 11.5. The maximum atomic E-state index is 12.5. The van der Waals surface area contributed by atoms with E-state index in [1.807, 2.05) is 68.4 Å². The van der Waals surface area contributed by atoms with E-state index in [-0.39, 0.29) is 12.0 Å². The molecule has 1 heterocycles. The Hall–Kier alpha value is -2.49. The van der Waals surface area contributed by atoms with Gasteiger partial charge in [0.15, 0.2) is 11.5 Å². The van der Waals surface area contributed by atoms with Gasteiger partial charge in [0.25, 0.3) is 0 Å². The molecular weight excluding hydrogens is 290 g/mol. The molecule has 0 aliphatic carbocycles. The van der Waals surface area contributed by atoms with Crippen molar-refractivity contribution in [3.05, 3.63) is 60.2 Å². The number of benzene rings is 2. The van der Waals surface area contributed by atoms with Crippen molar-refractivity contribution in [2.24, 2.45) is 0 Å². The van der Waals surface area contributed by atoms with Crippen molar-refractivity contribution in [3.8, 4) is 11.5 Å². The van der Waals surface area contributed by atoms with E-state index >= 15 is 0 Å². The lowest BCUT2D eigenvalue weighted by molar-refractivity contribution is -0.126. The Kier molecular flexibility index (Phi) is 4.24. The largest absolute Gasteiger partial charge is 0.486 e. The quantitative estimate of drug-likeness (QED) is 0.944. The van der Waals surface area contributed by atoms with E-state index in [2.05, 4.69) is 5.32 Å². The molecule has 1 atom stereocenters. The number of carbonyl (C=O) groups excluding carboxylic acids is 1. The van der Waals surface area contributed by atoms with Crippen LogP contribution >= 0.6 is 0 Å². The number of rotatable bonds is 4. The number of carbonyl (C=O) groups is 1. The Labute approximate surface area is 136 Å². The van der Waals surface area contributed by atoms with Gasteiger partial charge in [0.1, 0.15) is 12.7 Å². The lowest BCUT2D eigenvalue weighted by Crippen LogP contribution is -2.46. The third-order valence-electron chi connectivity index (χ3n) is 4.12. The number of para-hydroxylation sites is 2. The molecule has 0 aromatic heterocycles. The smallest absolute Gasteiger partial charge is 0.230 e. The van der Waals surface area contributed by atoms with Crippen LogP contribution in [0, 0.1) is 0 Å². The number of amides is 1. The SMILES string of the molecule is CC(C)(C(=O)NCC1COc2ccccc2O1)c1ccccc1. The van der Waals surface area contributed by atoms with Crippen LogP contribution in [-0.4, -0.2) is 25.2 Å². The Bertz CT molecular complexity index is 682. The minimum Gasteiger partial charge on any atom is -0.486 e. The summed E-state index contributed by atoms with van der Waals surface area (Å²) in [7, 11) is 0. The molecule has 0 radical (unpaired) electrons. The average molecular weight is 311 g/mol. The minimum absolute atomic E-state index is 0.0221. The van der Waals surface area contributed by atoms with Crippen LogP contribution in [0.1, 0.15) is 19.4 Å². The van der Waals surface area contributed by atoms with Crippen LogP contribution in [0.25, 0.3) is 0 Å². The van der Waals surface area contributed by atoms with Gasteiger partial charge in [0.05, 0.1) is 12.0 Å². The second-order valence-corrected chi connectivity index (χ2v) is 6.20. The van der Waals surface area contributed by atoms with Gasteiger partial charge in [-0.15, -0.1) is 0 Å². The maximum absolute atomic E-state index is 12.5. The molecule has 1 N–H and O–H groups in total. The van der Waals surface area contributed by atoms with E-state index in [4.69, 9.17) is 9.47 Å². The summed E-state index contributed by atoms with van der Waals surface area (Å²) in [5.74, 6) is 1.45. The van der Waals surface area contributed by atoms with Gasteiger partial charge in [0, 0.05) is 0 Å². The highest BCUT2D eigenvalue weighted by Gasteiger charge is 2.30. The van der Waals surface area contributed by atoms with Crippen LogP contribution in [0.3, 0.4) is 0 Å². The summed E-state index contributed by atoms with van der Waals surface area (Å²) in [5.41, 5.74) is 0.401. The topological polar surface area (TPSA) is 47.6 Å². The fourth-order valence-corrected chi connectivity index (χ4v) is 2.58. The predicted octanol–water partition coefficient (Wildman–Crippen LogP) is 2.92. The van der Waals surface area contributed by atoms with Gasteiger partial charge >= 0.3 is 0 Å². The molecule has 1 aliphatic rings. The third kappa shape index (κ3) is 3.31. The summed E-state index contributed by atoms with van der Waals surface area (Å²) in [6.45, 7) is 4.70. The van der Waals surface area contributed by atoms with E-state index in [0.29, 0.717) is 13.2 Å². The zero-order valence-electron chi connectivity index (χ0n) is 13.4. The van der Waals surface area contributed by atoms with Crippen molar-refractivity contribution < 1.29 is 14.3 Å². The maximum Gasteiger partial charge on any atom is 0.230 e. The third-order valence-corrected chi connectivity index (χ3v) is 4.12. The van der Waals surface area contributed by atoms with Crippen molar-refractivity contribution in [2.75, 3.05) is 13.2 Å². The van der Waals surface area contributed by atoms with Crippen molar-refractivity contribution in [1.29, 1.82) is 0 Å². The fraction of sp³-hybridized carbons (Fsp3) is 0.316. The molecule has 0 spiro atoms. The van der Waals surface area contributed by atoms with Gasteiger partial charge in [-0.3, -0.25) is 4.79 Å². The minimum atomic E-state index is -0.589. The van der Waals surface area contributed by atoms with Crippen LogP contribution in [0.2, 0.25) is 0 Å². The first-order valence-electron chi connectivity index (χ1n) is 7.79. The van der Waals surface area contributed by atoms with Crippen LogP contribution < -0.4 is 14.8 Å². The summed E-state index contributed by atoms with van der Waals surface area (Å²) in [6, 6.07) is 17.3. The van der Waals surface area contributed by atoms with Crippen molar-refractivity contribution in [1.82, 2.24) is 5.32 Å². The second kappa shape index (κ2) is 6.32. The lowest BCUT2D eigenvalue weighted by Gasteiger charge is -2.29. The molecule has 0 fully saturated rings. The molecule has 0 bridgehead atoms. The van der Waals surface area contributed by atoms with Gasteiger partial charge in [-0.05, 0) is 31.5 Å². The standard InChI is InChI=1S/C19H21NO3/c1-19(2,14-8-4-3-5-9-14)18(21)20-12-15-13-22-16-10-6-7-11-17(16)23-15/h3-11,15H,12-13H2,1-2H3,(H,20,21). The molecule has 120 valence electrons. The normalized spacial score (nSPS) is 16.7. The molecule has 4 heteroatoms. The Morgan fingerprint density at radius 3 is 2.48 bits per heavy atom. The van der Waals surface area contributed by atoms with E-state index in [1.165, 1.54) is 0 Å². The molecule has 0 saturated carbocycles. The predicted molar refractivity (Wildman–Crippen MR) is 88.8 cm³/mol. The van der Waals surface area contributed by atoms with Gasteiger partial charge in [0.2, 0.25) is 5.91 Å². The summed E-state index contributed by atoms with van der Waals surface area (Å²) >= 11 is 0. The van der Waals surface area contributed by atoms with Crippen molar-refractivity contribution in [2.45, 2.75) is 25.4 Å². The number of nitrogens with one attached hydrogen (secondary N) is 1. The Morgan fingerprint density at radius 2 is 1.74 bits per heavy atom. The van der Waals surface area contributed by atoms with Crippen LogP contribution in [-0.2, 0) is 10.2 Å². The highest BCUT2D eigenvalue weighted by atomic mass is 16.6. The first-order chi connectivity index (χ1) is 11.1. The Balaban J connectivity index is 1.60. The molecule has 3 rings (SSSR count). The average Bonchev–Trinajstić information content (AvgIpc) is 2.60. The lowest BCUT2D eigenvalue weighted by atomic mass is 9.84. The molecule has 2 aromatic carbocycles. The number of hydrogen-bond donors (Lipinski definition) is 1. The van der Waals surface area contributed by atoms with Gasteiger partial charge in [-0.1, -0.05) is 42.5 Å². The second-order valence-electron chi connectivity index (χ2n) is 6.20. The van der Waals surface area contributed by atoms with E-state index in [1.54, 1.807) is 0 Å². The summed E-state index contributed by atoms with van der Waals surface area (Å²) in [4.78, 5) is 12.5. The molecule has 0 saturated heterocycles. The first kappa shape index (κ1) is 15.4. The van der Waals surface area contributed by atoms with Gasteiger partial charge in [-0.25, -0.2) is 0 Å². The number of hydrogen-bond acceptors (Lipinski definition) is 3. The van der Waals surface area contributed by atoms with Crippen molar-refractivity contribution >= 4 is 5.91 Å². The highest BCUT2D eigenvalue weighted by Crippen LogP contribution is 2.30. The Morgan fingerprint density at radius 1 is 1.09 bits per heavy atom. The van der Waals surface area contributed by atoms with E-state index < -0.39 is 5.41 Å². The summed E-state index contributed by atoms with van der Waals surface area (Å²) in [5, 5.41) is 2.98. The molecule has 23 heavy (non-hydrogen) atoms. The highest BCUT2D eigenvalue weighted by molar-refractivity contribution is 5.87. The molecular formula is C19H21NO3. The molecule has 2 aromatic rings. The van der Waals surface area contributed by atoms with Gasteiger partial charge in [-0.2, -0.15) is 0 Å². The van der Waals surface area contributed by atoms with E-state index in [9.17, 15) is 4.79 Å². The van der Waals surface area contributed by atoms with E-state index in [0.717, 1.165) is 17.1 Å². The van der Waals surface area contributed by atoms with Gasteiger partial charge < -0.3 is 14.8 Å². The number of fused-ring (bicyclic) bond motifs is 1. The van der Waals surface area contributed by atoms with Crippen LogP contribution in [0.4, 0.5) is 0 Å². The summed E-state index contributed by atoms with van der Waals surface area (Å²) in [6.07, 6.45) is -0.180. The first-order valence-corrected chi connectivity index (χ1v) is 7.79. The zero-order chi connectivity index (χ0) is 16.3.